The highest BCUT2D eigenvalue weighted by Crippen LogP contribution is 2.24. The topological polar surface area (TPSA) is 75.4 Å². The van der Waals surface area contributed by atoms with Crippen molar-refractivity contribution < 1.29 is 14.4 Å². The summed E-state index contributed by atoms with van der Waals surface area (Å²) in [5.74, 6) is -0.861. The quantitative estimate of drug-likeness (QED) is 0.666. The number of nitrogens with zero attached hydrogens (tertiary/aromatic N) is 1. The van der Waals surface area contributed by atoms with Gasteiger partial charge in [-0.05, 0) is 24.3 Å². The molecule has 0 heterocycles. The summed E-state index contributed by atoms with van der Waals surface area (Å²) in [4.78, 5) is 9.70. The van der Waals surface area contributed by atoms with Crippen molar-refractivity contribution >= 4 is 23.0 Å². The van der Waals surface area contributed by atoms with Crippen LogP contribution in [-0.2, 0) is 6.54 Å². The van der Waals surface area contributed by atoms with Crippen molar-refractivity contribution in [3.63, 3.8) is 0 Å². The van der Waals surface area contributed by atoms with Gasteiger partial charge in [-0.25, -0.2) is 0 Å². The van der Waals surface area contributed by atoms with Gasteiger partial charge < -0.3 is 10.4 Å². The Morgan fingerprint density at radius 3 is 2.70 bits per heavy atom. The second-order valence-electron chi connectivity index (χ2n) is 4.05. The summed E-state index contributed by atoms with van der Waals surface area (Å²) < 4.78 is 13.4. The van der Waals surface area contributed by atoms with E-state index in [2.05, 4.69) is 5.32 Å². The number of aromatic hydroxyl groups is 1. The van der Waals surface area contributed by atoms with E-state index < -0.39 is 16.4 Å². The third kappa shape index (κ3) is 3.16. The largest absolute Gasteiger partial charge is 0.508 e. The molecule has 0 unspecified atom stereocenters. The Morgan fingerprint density at radius 1 is 1.30 bits per heavy atom. The molecule has 0 saturated carbocycles. The first-order chi connectivity index (χ1) is 9.47. The van der Waals surface area contributed by atoms with E-state index in [1.54, 1.807) is 12.1 Å². The zero-order valence-corrected chi connectivity index (χ0v) is 10.9. The van der Waals surface area contributed by atoms with Gasteiger partial charge in [0, 0.05) is 35.0 Å². The molecule has 0 aliphatic carbocycles. The van der Waals surface area contributed by atoms with Crippen LogP contribution in [0.1, 0.15) is 5.56 Å². The standard InChI is InChI=1S/C13H10ClFN2O3/c14-9-1-4-13(18)8(5-9)7-16-10-2-3-12(17(19)20)11(15)6-10/h1-6,16,18H,7H2. The average molecular weight is 297 g/mol. The highest BCUT2D eigenvalue weighted by Gasteiger charge is 2.13. The molecule has 5 nitrogen and oxygen atoms in total. The number of halogens is 2. The smallest absolute Gasteiger partial charge is 0.304 e. The monoisotopic (exact) mass is 296 g/mol. The number of phenolic OH excluding ortho intramolecular Hbond substituents is 1. The molecule has 7 heteroatoms. The highest BCUT2D eigenvalue weighted by molar-refractivity contribution is 6.30. The van der Waals surface area contributed by atoms with Crippen LogP contribution in [0, 0.1) is 15.9 Å². The van der Waals surface area contributed by atoms with E-state index in [-0.39, 0.29) is 12.3 Å². The fraction of sp³-hybridized carbons (Fsp3) is 0.0769. The van der Waals surface area contributed by atoms with Crippen LogP contribution in [0.5, 0.6) is 5.75 Å². The minimum absolute atomic E-state index is 0.0595. The van der Waals surface area contributed by atoms with Gasteiger partial charge in [0.15, 0.2) is 0 Å². The van der Waals surface area contributed by atoms with Crippen molar-refractivity contribution in [1.29, 1.82) is 0 Å². The predicted molar refractivity (Wildman–Crippen MR) is 73.5 cm³/mol. The molecule has 0 aromatic heterocycles. The van der Waals surface area contributed by atoms with E-state index in [1.807, 2.05) is 0 Å². The van der Waals surface area contributed by atoms with Crippen LogP contribution in [0.3, 0.4) is 0 Å². The van der Waals surface area contributed by atoms with Crippen molar-refractivity contribution in [2.45, 2.75) is 6.54 Å². The van der Waals surface area contributed by atoms with Crippen LogP contribution in [-0.4, -0.2) is 10.0 Å². The molecular weight excluding hydrogens is 287 g/mol. The maximum absolute atomic E-state index is 13.4. The number of nitrogens with one attached hydrogen (secondary N) is 1. The van der Waals surface area contributed by atoms with Crippen molar-refractivity contribution in [3.8, 4) is 5.75 Å². The molecule has 2 rings (SSSR count). The lowest BCUT2D eigenvalue weighted by molar-refractivity contribution is -0.387. The van der Waals surface area contributed by atoms with Gasteiger partial charge in [-0.15, -0.1) is 0 Å². The maximum Gasteiger partial charge on any atom is 0.304 e. The van der Waals surface area contributed by atoms with Crippen molar-refractivity contribution in [2.24, 2.45) is 0 Å². The van der Waals surface area contributed by atoms with E-state index >= 15 is 0 Å². The molecule has 0 aliphatic heterocycles. The Kier molecular flexibility index (Phi) is 4.05. The fourth-order valence-corrected chi connectivity index (χ4v) is 1.85. The molecule has 2 aromatic rings. The fourth-order valence-electron chi connectivity index (χ4n) is 1.66. The van der Waals surface area contributed by atoms with Gasteiger partial charge >= 0.3 is 5.69 Å². The van der Waals surface area contributed by atoms with E-state index in [0.717, 1.165) is 12.1 Å². The third-order valence-corrected chi connectivity index (χ3v) is 2.90. The number of anilines is 1. The Balaban J connectivity index is 2.13. The lowest BCUT2D eigenvalue weighted by atomic mass is 10.2. The normalized spacial score (nSPS) is 10.3. The Labute approximate surface area is 118 Å². The molecule has 0 bridgehead atoms. The number of hydrogen-bond acceptors (Lipinski definition) is 4. The van der Waals surface area contributed by atoms with Crippen molar-refractivity contribution in [1.82, 2.24) is 0 Å². The summed E-state index contributed by atoms with van der Waals surface area (Å²) in [6.45, 7) is 0.212. The van der Waals surface area contributed by atoms with Crippen LogP contribution in [0.2, 0.25) is 5.02 Å². The maximum atomic E-state index is 13.4. The zero-order chi connectivity index (χ0) is 14.7. The summed E-state index contributed by atoms with van der Waals surface area (Å²) in [6.07, 6.45) is 0. The minimum atomic E-state index is -0.921. The summed E-state index contributed by atoms with van der Waals surface area (Å²) in [6, 6.07) is 8.07. The first kappa shape index (κ1) is 14.1. The van der Waals surface area contributed by atoms with Gasteiger partial charge in [0.2, 0.25) is 5.82 Å². The van der Waals surface area contributed by atoms with Crippen LogP contribution in [0.15, 0.2) is 36.4 Å². The molecule has 104 valence electrons. The Hall–Kier alpha value is -2.34. The van der Waals surface area contributed by atoms with Crippen LogP contribution >= 0.6 is 11.6 Å². The van der Waals surface area contributed by atoms with Gasteiger partial charge in [0.25, 0.3) is 0 Å². The SMILES string of the molecule is O=[N+]([O-])c1ccc(NCc2cc(Cl)ccc2O)cc1F. The second kappa shape index (κ2) is 5.75. The molecule has 20 heavy (non-hydrogen) atoms. The van der Waals surface area contributed by atoms with E-state index in [9.17, 15) is 19.6 Å². The molecule has 0 amide bonds. The minimum Gasteiger partial charge on any atom is -0.508 e. The van der Waals surface area contributed by atoms with E-state index in [1.165, 1.54) is 12.1 Å². The number of nitro groups is 1. The van der Waals surface area contributed by atoms with Crippen LogP contribution < -0.4 is 5.32 Å². The van der Waals surface area contributed by atoms with Gasteiger partial charge in [-0.2, -0.15) is 4.39 Å². The number of rotatable bonds is 4. The first-order valence-corrected chi connectivity index (χ1v) is 6.00. The number of hydrogen-bond donors (Lipinski definition) is 2. The molecular formula is C13H10ClFN2O3. The van der Waals surface area contributed by atoms with Gasteiger partial charge in [-0.3, -0.25) is 10.1 Å². The van der Waals surface area contributed by atoms with Crippen molar-refractivity contribution in [3.05, 3.63) is 62.9 Å². The van der Waals surface area contributed by atoms with Gasteiger partial charge in [0.05, 0.1) is 4.92 Å². The summed E-state index contributed by atoms with van der Waals surface area (Å²) in [5, 5.41) is 23.4. The molecule has 0 atom stereocenters. The summed E-state index contributed by atoms with van der Waals surface area (Å²) in [7, 11) is 0. The average Bonchev–Trinajstić information content (AvgIpc) is 2.39. The summed E-state index contributed by atoms with van der Waals surface area (Å²) >= 11 is 5.81. The van der Waals surface area contributed by atoms with E-state index in [0.29, 0.717) is 16.3 Å². The second-order valence-corrected chi connectivity index (χ2v) is 4.49. The van der Waals surface area contributed by atoms with E-state index in [4.69, 9.17) is 11.6 Å². The molecule has 0 fully saturated rings. The molecule has 2 N–H and O–H groups in total. The molecule has 2 aromatic carbocycles. The number of phenols is 1. The Morgan fingerprint density at radius 2 is 2.05 bits per heavy atom. The molecule has 0 saturated heterocycles. The number of benzene rings is 2. The van der Waals surface area contributed by atoms with Gasteiger partial charge in [-0.1, -0.05) is 11.6 Å². The third-order valence-electron chi connectivity index (χ3n) is 2.67. The lowest BCUT2D eigenvalue weighted by Crippen LogP contribution is -2.01. The molecule has 0 aliphatic rings. The van der Waals surface area contributed by atoms with Gasteiger partial charge in [0.1, 0.15) is 5.75 Å². The first-order valence-electron chi connectivity index (χ1n) is 5.62. The predicted octanol–water partition coefficient (Wildman–Crippen LogP) is 3.71. The summed E-state index contributed by atoms with van der Waals surface area (Å²) in [5.41, 5.74) is 0.324. The lowest BCUT2D eigenvalue weighted by Gasteiger charge is -2.08. The molecule has 0 spiro atoms. The van der Waals surface area contributed by atoms with Crippen molar-refractivity contribution in [2.75, 3.05) is 5.32 Å². The highest BCUT2D eigenvalue weighted by atomic mass is 35.5. The number of nitro benzene ring substituents is 1. The zero-order valence-electron chi connectivity index (χ0n) is 10.1. The Bertz CT molecular complexity index is 664. The molecule has 0 radical (unpaired) electrons. The van der Waals surface area contributed by atoms with Crippen LogP contribution in [0.25, 0.3) is 0 Å². The van der Waals surface area contributed by atoms with Crippen LogP contribution in [0.4, 0.5) is 15.8 Å².